The first-order valence-electron chi connectivity index (χ1n) is 4.84. The molecule has 0 spiro atoms. The topological polar surface area (TPSA) is 46.1 Å². The molecule has 0 aromatic carbocycles. The highest BCUT2D eigenvalue weighted by Crippen LogP contribution is 2.07. The van der Waals surface area contributed by atoms with Crippen LogP contribution in [0.5, 0.6) is 0 Å². The number of likely N-dealkylation sites (tertiary alicyclic amines) is 1. The van der Waals surface area contributed by atoms with Gasteiger partial charge in [-0.05, 0) is 19.0 Å². The third-order valence-corrected chi connectivity index (χ3v) is 2.31. The Hall–Kier alpha value is -1.29. The van der Waals surface area contributed by atoms with Gasteiger partial charge in [0.05, 0.1) is 13.1 Å². The van der Waals surface area contributed by atoms with E-state index >= 15 is 0 Å². The second-order valence-corrected chi connectivity index (χ2v) is 3.52. The van der Waals surface area contributed by atoms with Crippen LogP contribution in [-0.4, -0.2) is 33.7 Å². The van der Waals surface area contributed by atoms with Crippen molar-refractivity contribution in [2.75, 3.05) is 13.1 Å². The van der Waals surface area contributed by atoms with Crippen LogP contribution in [-0.2, 0) is 11.3 Å². The number of nitrogens with zero attached hydrogens (tertiary/aromatic N) is 3. The van der Waals surface area contributed by atoms with Crippen molar-refractivity contribution in [1.29, 1.82) is 0 Å². The smallest absolute Gasteiger partial charge is 0.146 e. The van der Waals surface area contributed by atoms with Crippen molar-refractivity contribution in [3.63, 3.8) is 0 Å². The number of rotatable bonds is 2. The lowest BCUT2D eigenvalue weighted by atomic mass is 10.1. The van der Waals surface area contributed by atoms with Gasteiger partial charge >= 0.3 is 0 Å². The summed E-state index contributed by atoms with van der Waals surface area (Å²) < 4.78 is 0. The summed E-state index contributed by atoms with van der Waals surface area (Å²) in [5.41, 5.74) is 0. The molecule has 0 aliphatic carbocycles. The van der Waals surface area contributed by atoms with Crippen molar-refractivity contribution < 1.29 is 4.79 Å². The minimum atomic E-state index is 0.326. The number of hydrogen-bond acceptors (Lipinski definition) is 4. The van der Waals surface area contributed by atoms with Gasteiger partial charge in [-0.25, -0.2) is 9.97 Å². The molecule has 4 heteroatoms. The van der Waals surface area contributed by atoms with Gasteiger partial charge in [-0.3, -0.25) is 9.69 Å². The number of Topliss-reactive ketones (excluding diaryl/α,β-unsaturated/α-hetero) is 1. The zero-order chi connectivity index (χ0) is 9.80. The van der Waals surface area contributed by atoms with Gasteiger partial charge in [-0.1, -0.05) is 0 Å². The van der Waals surface area contributed by atoms with E-state index < -0.39 is 0 Å². The number of aromatic nitrogens is 2. The van der Waals surface area contributed by atoms with Crippen molar-refractivity contribution in [1.82, 2.24) is 14.9 Å². The van der Waals surface area contributed by atoms with Crippen LogP contribution < -0.4 is 0 Å². The Kier molecular flexibility index (Phi) is 2.84. The minimum absolute atomic E-state index is 0.326. The highest BCUT2D eigenvalue weighted by atomic mass is 16.1. The lowest BCUT2D eigenvalue weighted by Crippen LogP contribution is -2.35. The number of hydrogen-bond donors (Lipinski definition) is 0. The van der Waals surface area contributed by atoms with Crippen molar-refractivity contribution in [3.05, 3.63) is 24.3 Å². The monoisotopic (exact) mass is 191 g/mol. The zero-order valence-electron chi connectivity index (χ0n) is 8.02. The summed E-state index contributed by atoms with van der Waals surface area (Å²) >= 11 is 0. The Balaban J connectivity index is 1.94. The van der Waals surface area contributed by atoms with E-state index in [1.54, 1.807) is 18.5 Å². The molecule has 74 valence electrons. The summed E-state index contributed by atoms with van der Waals surface area (Å²) in [7, 11) is 0. The molecule has 0 radical (unpaired) electrons. The van der Waals surface area contributed by atoms with Crippen LogP contribution in [0.15, 0.2) is 18.5 Å². The molecule has 1 aliphatic rings. The number of ketones is 1. The van der Waals surface area contributed by atoms with Crippen LogP contribution >= 0.6 is 0 Å². The fraction of sp³-hybridized carbons (Fsp3) is 0.500. The molecule has 0 saturated carbocycles. The molecule has 0 atom stereocenters. The van der Waals surface area contributed by atoms with Gasteiger partial charge in [0, 0.05) is 18.8 Å². The van der Waals surface area contributed by atoms with Gasteiger partial charge < -0.3 is 0 Å². The van der Waals surface area contributed by atoms with Gasteiger partial charge in [-0.2, -0.15) is 0 Å². The van der Waals surface area contributed by atoms with Crippen molar-refractivity contribution in [3.8, 4) is 0 Å². The van der Waals surface area contributed by atoms with Crippen LogP contribution in [0, 0.1) is 0 Å². The van der Waals surface area contributed by atoms with E-state index in [9.17, 15) is 4.79 Å². The zero-order valence-corrected chi connectivity index (χ0v) is 8.02. The molecule has 4 nitrogen and oxygen atoms in total. The Labute approximate surface area is 83.0 Å². The molecule has 14 heavy (non-hydrogen) atoms. The molecule has 0 N–H and O–H groups in total. The van der Waals surface area contributed by atoms with Crippen molar-refractivity contribution in [2.45, 2.75) is 19.4 Å². The number of carbonyl (C=O) groups is 1. The summed E-state index contributed by atoms with van der Waals surface area (Å²) in [6.45, 7) is 2.22. The lowest BCUT2D eigenvalue weighted by molar-refractivity contribution is -0.122. The second-order valence-electron chi connectivity index (χ2n) is 3.52. The van der Waals surface area contributed by atoms with Crippen LogP contribution in [0.1, 0.15) is 18.7 Å². The van der Waals surface area contributed by atoms with Gasteiger partial charge in [0.2, 0.25) is 0 Å². The van der Waals surface area contributed by atoms with Crippen LogP contribution in [0.25, 0.3) is 0 Å². The first kappa shape index (κ1) is 9.27. The van der Waals surface area contributed by atoms with Crippen molar-refractivity contribution >= 4 is 5.78 Å². The maximum absolute atomic E-state index is 11.2. The minimum Gasteiger partial charge on any atom is -0.298 e. The molecule has 1 fully saturated rings. The normalized spacial score (nSPS) is 18.4. The second kappa shape index (κ2) is 4.28. The average Bonchev–Trinajstić information content (AvgIpc) is 2.19. The van der Waals surface area contributed by atoms with Crippen molar-refractivity contribution in [2.24, 2.45) is 0 Å². The maximum Gasteiger partial charge on any atom is 0.146 e. The van der Waals surface area contributed by atoms with E-state index in [1.165, 1.54) is 0 Å². The van der Waals surface area contributed by atoms with Crippen LogP contribution in [0.3, 0.4) is 0 Å². The Bertz CT molecular complexity index is 312. The lowest BCUT2D eigenvalue weighted by Gasteiger charge is -2.24. The fourth-order valence-corrected chi connectivity index (χ4v) is 1.65. The third-order valence-electron chi connectivity index (χ3n) is 2.31. The molecular formula is C10H13N3O. The number of piperidine rings is 1. The summed E-state index contributed by atoms with van der Waals surface area (Å²) in [6, 6.07) is 1.80. The third kappa shape index (κ3) is 2.35. The molecule has 2 rings (SSSR count). The Morgan fingerprint density at radius 3 is 2.86 bits per heavy atom. The standard InChI is InChI=1S/C10H13N3O/c14-9-3-1-6-13(7-9)8-10-11-4-2-5-12-10/h2,4-5H,1,3,6-8H2. The molecule has 2 heterocycles. The average molecular weight is 191 g/mol. The summed E-state index contributed by atoms with van der Waals surface area (Å²) in [6.07, 6.45) is 5.15. The predicted molar refractivity (Wildman–Crippen MR) is 51.6 cm³/mol. The number of carbonyl (C=O) groups excluding carboxylic acids is 1. The molecule has 1 aliphatic heterocycles. The Morgan fingerprint density at radius 1 is 1.36 bits per heavy atom. The molecule has 0 amide bonds. The van der Waals surface area contributed by atoms with E-state index in [2.05, 4.69) is 14.9 Å². The van der Waals surface area contributed by atoms with Gasteiger partial charge in [0.1, 0.15) is 11.6 Å². The van der Waals surface area contributed by atoms with E-state index in [0.29, 0.717) is 18.9 Å². The molecule has 1 saturated heterocycles. The predicted octanol–water partition coefficient (Wildman–Crippen LogP) is 0.642. The largest absolute Gasteiger partial charge is 0.298 e. The van der Waals surface area contributed by atoms with E-state index in [0.717, 1.165) is 25.2 Å². The van der Waals surface area contributed by atoms with Gasteiger partial charge in [0.15, 0.2) is 0 Å². The maximum atomic E-state index is 11.2. The Morgan fingerprint density at radius 2 is 2.14 bits per heavy atom. The van der Waals surface area contributed by atoms with Gasteiger partial charge in [-0.15, -0.1) is 0 Å². The molecule has 1 aromatic rings. The highest BCUT2D eigenvalue weighted by molar-refractivity contribution is 5.81. The summed E-state index contributed by atoms with van der Waals surface area (Å²) in [4.78, 5) is 21.5. The van der Waals surface area contributed by atoms with Crippen LogP contribution in [0.2, 0.25) is 0 Å². The SMILES string of the molecule is O=C1CCCN(Cc2ncccn2)C1. The summed E-state index contributed by atoms with van der Waals surface area (Å²) in [5, 5.41) is 0. The fourth-order valence-electron chi connectivity index (χ4n) is 1.65. The van der Waals surface area contributed by atoms with E-state index in [1.807, 2.05) is 0 Å². The first-order valence-corrected chi connectivity index (χ1v) is 4.84. The summed E-state index contributed by atoms with van der Waals surface area (Å²) in [5.74, 6) is 1.12. The van der Waals surface area contributed by atoms with E-state index in [4.69, 9.17) is 0 Å². The van der Waals surface area contributed by atoms with Crippen LogP contribution in [0.4, 0.5) is 0 Å². The highest BCUT2D eigenvalue weighted by Gasteiger charge is 2.17. The molecule has 0 unspecified atom stereocenters. The molecular weight excluding hydrogens is 178 g/mol. The molecule has 1 aromatic heterocycles. The van der Waals surface area contributed by atoms with Gasteiger partial charge in [0.25, 0.3) is 0 Å². The molecule has 0 bridgehead atoms. The quantitative estimate of drug-likeness (QED) is 0.688. The van der Waals surface area contributed by atoms with E-state index in [-0.39, 0.29) is 0 Å². The first-order chi connectivity index (χ1) is 6.84.